The molecule has 0 aliphatic carbocycles. The number of aryl methyl sites for hydroxylation is 1. The second kappa shape index (κ2) is 11.2. The first-order valence-electron chi connectivity index (χ1n) is 12.5. The standard InChI is InChI=1S/C27H33FN4O5S/c1-5-37-26(33)24-23(30(4)27(34)29-25(24)20-8-10-21(28)11-9-20)17-31-14-15-32(19(3)16-31)38(35,36)22-12-6-18(2)7-13-22/h6-13,19,25H,5,14-17H2,1-4H3,(H,29,34)/t19-,25+/m0/s1. The van der Waals surface area contributed by atoms with Gasteiger partial charge >= 0.3 is 12.0 Å². The molecule has 1 N–H and O–H groups in total. The van der Waals surface area contributed by atoms with Crippen molar-refractivity contribution in [1.29, 1.82) is 0 Å². The Labute approximate surface area is 222 Å². The van der Waals surface area contributed by atoms with E-state index in [0.29, 0.717) is 24.4 Å². The number of rotatable bonds is 7. The Hall–Kier alpha value is -3.28. The van der Waals surface area contributed by atoms with Gasteiger partial charge < -0.3 is 10.1 Å². The molecule has 9 nitrogen and oxygen atoms in total. The van der Waals surface area contributed by atoms with E-state index >= 15 is 0 Å². The van der Waals surface area contributed by atoms with Crippen molar-refractivity contribution in [1.82, 2.24) is 19.4 Å². The van der Waals surface area contributed by atoms with Crippen molar-refractivity contribution in [2.24, 2.45) is 0 Å². The molecule has 1 fully saturated rings. The summed E-state index contributed by atoms with van der Waals surface area (Å²) >= 11 is 0. The monoisotopic (exact) mass is 544 g/mol. The Morgan fingerprint density at radius 1 is 1.11 bits per heavy atom. The minimum Gasteiger partial charge on any atom is -0.463 e. The van der Waals surface area contributed by atoms with E-state index in [1.54, 1.807) is 38.2 Å². The molecule has 2 aromatic carbocycles. The highest BCUT2D eigenvalue weighted by atomic mass is 32.2. The van der Waals surface area contributed by atoms with E-state index in [0.717, 1.165) is 5.56 Å². The average Bonchev–Trinajstić information content (AvgIpc) is 2.87. The molecule has 204 valence electrons. The zero-order chi connectivity index (χ0) is 27.6. The normalized spacial score (nSPS) is 21.4. The van der Waals surface area contributed by atoms with Crippen LogP contribution in [0.5, 0.6) is 0 Å². The van der Waals surface area contributed by atoms with Gasteiger partial charge in [-0.05, 0) is 50.6 Å². The lowest BCUT2D eigenvalue weighted by atomic mass is 9.94. The fourth-order valence-corrected chi connectivity index (χ4v) is 6.49. The van der Waals surface area contributed by atoms with E-state index in [9.17, 15) is 22.4 Å². The van der Waals surface area contributed by atoms with Gasteiger partial charge in [0.1, 0.15) is 5.82 Å². The number of ether oxygens (including phenoxy) is 1. The van der Waals surface area contributed by atoms with Crippen LogP contribution in [0.1, 0.15) is 31.0 Å². The molecule has 0 spiro atoms. The summed E-state index contributed by atoms with van der Waals surface area (Å²) in [5.74, 6) is -1.00. The molecule has 2 aliphatic rings. The summed E-state index contributed by atoms with van der Waals surface area (Å²) in [7, 11) is -2.09. The van der Waals surface area contributed by atoms with Crippen LogP contribution in [0.2, 0.25) is 0 Å². The summed E-state index contributed by atoms with van der Waals surface area (Å²) in [6, 6.07) is 10.8. The lowest BCUT2D eigenvalue weighted by Crippen LogP contribution is -2.56. The highest BCUT2D eigenvalue weighted by Crippen LogP contribution is 2.32. The molecule has 4 rings (SSSR count). The van der Waals surface area contributed by atoms with Crippen molar-refractivity contribution in [3.63, 3.8) is 0 Å². The molecule has 2 heterocycles. The highest BCUT2D eigenvalue weighted by molar-refractivity contribution is 7.89. The van der Waals surface area contributed by atoms with Crippen LogP contribution < -0.4 is 5.32 Å². The van der Waals surface area contributed by atoms with Crippen molar-refractivity contribution < 1.29 is 27.1 Å². The maximum atomic E-state index is 13.6. The molecule has 2 amide bonds. The molecule has 11 heteroatoms. The Bertz CT molecular complexity index is 1330. The quantitative estimate of drug-likeness (QED) is 0.538. The van der Waals surface area contributed by atoms with Gasteiger partial charge in [0, 0.05) is 45.0 Å². The average molecular weight is 545 g/mol. The number of piperazine rings is 1. The summed E-state index contributed by atoms with van der Waals surface area (Å²) < 4.78 is 47.0. The minimum absolute atomic E-state index is 0.149. The molecular formula is C27H33FN4O5S. The van der Waals surface area contributed by atoms with Gasteiger partial charge in [-0.15, -0.1) is 0 Å². The van der Waals surface area contributed by atoms with Crippen LogP contribution in [0.25, 0.3) is 0 Å². The zero-order valence-electron chi connectivity index (χ0n) is 22.0. The first-order chi connectivity index (χ1) is 18.0. The SMILES string of the molecule is CCOC(=O)C1=C(CN2CCN(S(=O)(=O)c3ccc(C)cc3)[C@@H](C)C2)N(C)C(=O)N[C@@H]1c1ccc(F)cc1. The summed E-state index contributed by atoms with van der Waals surface area (Å²) in [5.41, 5.74) is 2.26. The number of likely N-dealkylation sites (N-methyl/N-ethyl adjacent to an activating group) is 1. The first kappa shape index (κ1) is 27.7. The van der Waals surface area contributed by atoms with E-state index in [-0.39, 0.29) is 36.2 Å². The largest absolute Gasteiger partial charge is 0.463 e. The van der Waals surface area contributed by atoms with Gasteiger partial charge in [0.25, 0.3) is 0 Å². The molecule has 0 bridgehead atoms. The van der Waals surface area contributed by atoms with Gasteiger partial charge in [-0.2, -0.15) is 4.31 Å². The van der Waals surface area contributed by atoms with Crippen LogP contribution in [0.15, 0.2) is 64.7 Å². The molecule has 0 unspecified atom stereocenters. The predicted molar refractivity (Wildman–Crippen MR) is 140 cm³/mol. The molecule has 1 saturated heterocycles. The number of carbonyl (C=O) groups is 2. The van der Waals surface area contributed by atoms with Crippen LogP contribution >= 0.6 is 0 Å². The number of urea groups is 1. The van der Waals surface area contributed by atoms with Gasteiger partial charge in [0.15, 0.2) is 0 Å². The number of hydrogen-bond donors (Lipinski definition) is 1. The van der Waals surface area contributed by atoms with Crippen LogP contribution in [0.3, 0.4) is 0 Å². The van der Waals surface area contributed by atoms with E-state index < -0.39 is 33.9 Å². The van der Waals surface area contributed by atoms with Gasteiger partial charge in [0.2, 0.25) is 10.0 Å². The number of sulfonamides is 1. The molecule has 0 aromatic heterocycles. The number of halogens is 1. The van der Waals surface area contributed by atoms with Crippen LogP contribution in [0, 0.1) is 12.7 Å². The topological polar surface area (TPSA) is 99.3 Å². The summed E-state index contributed by atoms with van der Waals surface area (Å²) in [6.07, 6.45) is 0. The number of hydrogen-bond acceptors (Lipinski definition) is 6. The highest BCUT2D eigenvalue weighted by Gasteiger charge is 2.39. The van der Waals surface area contributed by atoms with Gasteiger partial charge in [-0.3, -0.25) is 9.80 Å². The minimum atomic E-state index is -3.67. The molecule has 2 atom stereocenters. The smallest absolute Gasteiger partial charge is 0.338 e. The van der Waals surface area contributed by atoms with Gasteiger partial charge in [-0.25, -0.2) is 22.4 Å². The third-order valence-corrected chi connectivity index (χ3v) is 8.95. The van der Waals surface area contributed by atoms with E-state index in [4.69, 9.17) is 4.74 Å². The number of nitrogens with one attached hydrogen (secondary N) is 1. The van der Waals surface area contributed by atoms with Crippen LogP contribution in [0.4, 0.5) is 9.18 Å². The lowest BCUT2D eigenvalue weighted by Gasteiger charge is -2.41. The van der Waals surface area contributed by atoms with Crippen LogP contribution in [-0.2, 0) is 19.6 Å². The fourth-order valence-electron chi connectivity index (χ4n) is 4.88. The Morgan fingerprint density at radius 2 is 1.76 bits per heavy atom. The first-order valence-corrected chi connectivity index (χ1v) is 14.0. The summed E-state index contributed by atoms with van der Waals surface area (Å²) in [4.78, 5) is 29.7. The van der Waals surface area contributed by atoms with Crippen molar-refractivity contribution in [3.05, 3.63) is 76.7 Å². The maximum absolute atomic E-state index is 13.6. The Balaban J connectivity index is 1.62. The molecule has 0 saturated carbocycles. The number of carbonyl (C=O) groups excluding carboxylic acids is 2. The van der Waals surface area contributed by atoms with Crippen molar-refractivity contribution >= 4 is 22.0 Å². The van der Waals surface area contributed by atoms with Crippen molar-refractivity contribution in [3.8, 4) is 0 Å². The zero-order valence-corrected chi connectivity index (χ0v) is 22.8. The predicted octanol–water partition coefficient (Wildman–Crippen LogP) is 3.04. The Morgan fingerprint density at radius 3 is 2.37 bits per heavy atom. The summed E-state index contributed by atoms with van der Waals surface area (Å²) in [5, 5.41) is 2.82. The molecule has 0 radical (unpaired) electrons. The molecule has 38 heavy (non-hydrogen) atoms. The number of benzene rings is 2. The van der Waals surface area contributed by atoms with E-state index in [1.165, 1.54) is 33.5 Å². The van der Waals surface area contributed by atoms with Gasteiger partial charge in [-0.1, -0.05) is 29.8 Å². The number of esters is 1. The number of nitrogens with zero attached hydrogens (tertiary/aromatic N) is 3. The molecule has 2 aliphatic heterocycles. The number of amides is 2. The Kier molecular flexibility index (Phi) is 8.19. The molecular weight excluding hydrogens is 511 g/mol. The third-order valence-electron chi connectivity index (χ3n) is 6.93. The van der Waals surface area contributed by atoms with Crippen molar-refractivity contribution in [2.75, 3.05) is 39.8 Å². The lowest BCUT2D eigenvalue weighted by molar-refractivity contribution is -0.139. The summed E-state index contributed by atoms with van der Waals surface area (Å²) in [6.45, 7) is 6.90. The van der Waals surface area contributed by atoms with Crippen molar-refractivity contribution in [2.45, 2.75) is 37.8 Å². The third kappa shape index (κ3) is 5.59. The fraction of sp³-hybridized carbons (Fsp3) is 0.407. The maximum Gasteiger partial charge on any atom is 0.338 e. The molecule has 2 aromatic rings. The van der Waals surface area contributed by atoms with Crippen LogP contribution in [-0.4, -0.2) is 80.4 Å². The second-order valence-corrected chi connectivity index (χ2v) is 11.5. The van der Waals surface area contributed by atoms with Gasteiger partial charge in [0.05, 0.1) is 23.1 Å². The second-order valence-electron chi connectivity index (χ2n) is 9.59. The van der Waals surface area contributed by atoms with E-state index in [1.807, 2.05) is 18.7 Å². The van der Waals surface area contributed by atoms with E-state index in [2.05, 4.69) is 5.32 Å².